The second-order valence-electron chi connectivity index (χ2n) is 8.59. The minimum Gasteiger partial charge on any atom is -0.323 e. The first-order valence-corrected chi connectivity index (χ1v) is 12.4. The molecule has 2 aromatic carbocycles. The van der Waals surface area contributed by atoms with E-state index in [2.05, 4.69) is 82.0 Å². The Bertz CT molecular complexity index is 1350. The molecule has 3 aromatic heterocycles. The number of imidazole rings is 1. The highest BCUT2D eigenvalue weighted by Crippen LogP contribution is 2.37. The summed E-state index contributed by atoms with van der Waals surface area (Å²) in [6.45, 7) is 3.25. The predicted octanol–water partition coefficient (Wildman–Crippen LogP) is 6.37. The second kappa shape index (κ2) is 8.49. The van der Waals surface area contributed by atoms with Crippen LogP contribution >= 0.6 is 11.3 Å². The average Bonchev–Trinajstić information content (AvgIpc) is 3.52. The zero-order valence-corrected chi connectivity index (χ0v) is 18.8. The molecule has 0 amide bonds. The molecular formula is C27H26N4S. The minimum atomic E-state index is 0.766. The number of nitrogens with one attached hydrogen (secondary N) is 1. The van der Waals surface area contributed by atoms with Crippen molar-refractivity contribution >= 4 is 33.3 Å². The number of rotatable bonds is 5. The SMILES string of the molecule is c1ccc(-c2nc3c(-c4cccs4)nc4ccccc4c3n2CCC2CCNCC2)cc1. The summed E-state index contributed by atoms with van der Waals surface area (Å²) in [6, 6.07) is 23.4. The van der Waals surface area contributed by atoms with E-state index in [-0.39, 0.29) is 0 Å². The Morgan fingerprint density at radius 1 is 0.906 bits per heavy atom. The van der Waals surface area contributed by atoms with Crippen molar-refractivity contribution in [2.75, 3.05) is 13.1 Å². The fourth-order valence-corrected chi connectivity index (χ4v) is 5.64. The number of pyridine rings is 1. The van der Waals surface area contributed by atoms with Crippen molar-refractivity contribution in [1.29, 1.82) is 0 Å². The van der Waals surface area contributed by atoms with Crippen LogP contribution in [-0.4, -0.2) is 27.6 Å². The first-order valence-electron chi connectivity index (χ1n) is 11.5. The summed E-state index contributed by atoms with van der Waals surface area (Å²) in [4.78, 5) is 11.5. The number of para-hydroxylation sites is 1. The van der Waals surface area contributed by atoms with Gasteiger partial charge in [-0.2, -0.15) is 0 Å². The molecule has 1 fully saturated rings. The number of hydrogen-bond donors (Lipinski definition) is 1. The van der Waals surface area contributed by atoms with Crippen molar-refractivity contribution in [2.24, 2.45) is 5.92 Å². The van der Waals surface area contributed by atoms with Gasteiger partial charge in [-0.15, -0.1) is 11.3 Å². The van der Waals surface area contributed by atoms with E-state index in [4.69, 9.17) is 9.97 Å². The topological polar surface area (TPSA) is 42.7 Å². The molecule has 0 spiro atoms. The lowest BCUT2D eigenvalue weighted by atomic mass is 9.94. The van der Waals surface area contributed by atoms with Crippen molar-refractivity contribution in [1.82, 2.24) is 19.9 Å². The first-order chi connectivity index (χ1) is 15.9. The van der Waals surface area contributed by atoms with Crippen molar-refractivity contribution in [3.05, 3.63) is 72.1 Å². The molecule has 0 saturated carbocycles. The standard InChI is InChI=1S/C27H26N4S/c1-2-7-20(8-3-1)27-30-25-24(23-11-6-18-32-23)29-22-10-5-4-9-21(22)26(25)31(27)17-14-19-12-15-28-16-13-19/h1-11,18-19,28H,12-17H2. The lowest BCUT2D eigenvalue weighted by molar-refractivity contribution is 0.340. The van der Waals surface area contributed by atoms with Crippen LogP contribution in [0.15, 0.2) is 72.1 Å². The summed E-state index contributed by atoms with van der Waals surface area (Å²) < 4.78 is 2.47. The third kappa shape index (κ3) is 3.51. The van der Waals surface area contributed by atoms with Gasteiger partial charge in [-0.1, -0.05) is 54.6 Å². The molecule has 0 aliphatic carbocycles. The monoisotopic (exact) mass is 438 g/mol. The fourth-order valence-electron chi connectivity index (χ4n) is 4.93. The summed E-state index contributed by atoms with van der Waals surface area (Å²) >= 11 is 1.73. The van der Waals surface area contributed by atoms with Gasteiger partial charge in [0.25, 0.3) is 0 Å². The Balaban J connectivity index is 1.60. The average molecular weight is 439 g/mol. The number of benzene rings is 2. The normalized spacial score (nSPS) is 15.0. The highest BCUT2D eigenvalue weighted by atomic mass is 32.1. The predicted molar refractivity (Wildman–Crippen MR) is 134 cm³/mol. The maximum atomic E-state index is 5.25. The van der Waals surface area contributed by atoms with Gasteiger partial charge in [0.05, 0.1) is 15.9 Å². The van der Waals surface area contributed by atoms with E-state index < -0.39 is 0 Å². The van der Waals surface area contributed by atoms with E-state index in [1.807, 2.05) is 0 Å². The molecule has 0 unspecified atom stereocenters. The number of thiophene rings is 1. The van der Waals surface area contributed by atoms with Gasteiger partial charge in [-0.25, -0.2) is 9.97 Å². The van der Waals surface area contributed by atoms with Crippen molar-refractivity contribution in [3.8, 4) is 22.0 Å². The van der Waals surface area contributed by atoms with Crippen LogP contribution < -0.4 is 5.32 Å². The van der Waals surface area contributed by atoms with E-state index in [0.29, 0.717) is 0 Å². The maximum Gasteiger partial charge on any atom is 0.141 e. The zero-order valence-electron chi connectivity index (χ0n) is 18.0. The molecule has 4 heterocycles. The minimum absolute atomic E-state index is 0.766. The smallest absolute Gasteiger partial charge is 0.141 e. The molecule has 6 rings (SSSR count). The van der Waals surface area contributed by atoms with E-state index in [1.54, 1.807) is 11.3 Å². The summed E-state index contributed by atoms with van der Waals surface area (Å²) in [5.74, 6) is 1.81. The summed E-state index contributed by atoms with van der Waals surface area (Å²) in [5, 5.41) is 6.79. The third-order valence-corrected chi connectivity index (χ3v) is 7.47. The van der Waals surface area contributed by atoms with Crippen LogP contribution in [0.3, 0.4) is 0 Å². The zero-order chi connectivity index (χ0) is 21.3. The molecule has 5 aromatic rings. The molecule has 160 valence electrons. The van der Waals surface area contributed by atoms with Crippen LogP contribution in [0.5, 0.6) is 0 Å². The lowest BCUT2D eigenvalue weighted by Gasteiger charge is -2.23. The Kier molecular flexibility index (Phi) is 5.21. The van der Waals surface area contributed by atoms with Crippen LogP contribution in [0.1, 0.15) is 19.3 Å². The van der Waals surface area contributed by atoms with E-state index in [9.17, 15) is 0 Å². The number of nitrogens with zero attached hydrogens (tertiary/aromatic N) is 3. The van der Waals surface area contributed by atoms with E-state index in [1.165, 1.54) is 35.0 Å². The van der Waals surface area contributed by atoms with Gasteiger partial charge in [0, 0.05) is 17.5 Å². The van der Waals surface area contributed by atoms with E-state index in [0.717, 1.165) is 53.7 Å². The maximum absolute atomic E-state index is 5.25. The van der Waals surface area contributed by atoms with Gasteiger partial charge in [-0.05, 0) is 55.8 Å². The number of aryl methyl sites for hydroxylation is 1. The number of fused-ring (bicyclic) bond motifs is 3. The second-order valence-corrected chi connectivity index (χ2v) is 9.53. The van der Waals surface area contributed by atoms with Gasteiger partial charge < -0.3 is 9.88 Å². The molecule has 1 saturated heterocycles. The molecular weight excluding hydrogens is 412 g/mol. The number of piperidine rings is 1. The highest BCUT2D eigenvalue weighted by Gasteiger charge is 2.22. The molecule has 5 heteroatoms. The third-order valence-electron chi connectivity index (χ3n) is 6.59. The molecule has 32 heavy (non-hydrogen) atoms. The Labute approximate surface area is 192 Å². The summed E-state index contributed by atoms with van der Waals surface area (Å²) in [7, 11) is 0. The van der Waals surface area contributed by atoms with Gasteiger partial charge >= 0.3 is 0 Å². The van der Waals surface area contributed by atoms with Crippen LogP contribution in [0.25, 0.3) is 43.9 Å². The van der Waals surface area contributed by atoms with Gasteiger partial charge in [0.1, 0.15) is 17.0 Å². The van der Waals surface area contributed by atoms with Crippen LogP contribution in [0.2, 0.25) is 0 Å². The number of aromatic nitrogens is 3. The highest BCUT2D eigenvalue weighted by molar-refractivity contribution is 7.13. The molecule has 0 bridgehead atoms. The van der Waals surface area contributed by atoms with Crippen molar-refractivity contribution < 1.29 is 0 Å². The van der Waals surface area contributed by atoms with Gasteiger partial charge in [0.2, 0.25) is 0 Å². The quantitative estimate of drug-likeness (QED) is 0.347. The first kappa shape index (κ1) is 19.6. The molecule has 1 N–H and O–H groups in total. The summed E-state index contributed by atoms with van der Waals surface area (Å²) in [5.41, 5.74) is 5.41. The molecule has 0 atom stereocenters. The molecule has 4 nitrogen and oxygen atoms in total. The molecule has 1 aliphatic rings. The molecule has 0 radical (unpaired) electrons. The number of hydrogen-bond acceptors (Lipinski definition) is 4. The summed E-state index contributed by atoms with van der Waals surface area (Å²) in [6.07, 6.45) is 3.70. The Hall–Kier alpha value is -3.02. The Morgan fingerprint density at radius 2 is 1.72 bits per heavy atom. The van der Waals surface area contributed by atoms with E-state index >= 15 is 0 Å². The van der Waals surface area contributed by atoms with Crippen LogP contribution in [0.4, 0.5) is 0 Å². The van der Waals surface area contributed by atoms with Crippen LogP contribution in [-0.2, 0) is 6.54 Å². The van der Waals surface area contributed by atoms with Crippen molar-refractivity contribution in [2.45, 2.75) is 25.8 Å². The van der Waals surface area contributed by atoms with Gasteiger partial charge in [-0.3, -0.25) is 0 Å². The molecule has 1 aliphatic heterocycles. The fraction of sp³-hybridized carbons (Fsp3) is 0.259. The largest absolute Gasteiger partial charge is 0.323 e. The van der Waals surface area contributed by atoms with Crippen LogP contribution in [0, 0.1) is 5.92 Å². The van der Waals surface area contributed by atoms with Crippen molar-refractivity contribution in [3.63, 3.8) is 0 Å². The van der Waals surface area contributed by atoms with Gasteiger partial charge in [0.15, 0.2) is 0 Å². The Morgan fingerprint density at radius 3 is 2.53 bits per heavy atom. The lowest BCUT2D eigenvalue weighted by Crippen LogP contribution is -2.28.